The van der Waals surface area contributed by atoms with Gasteiger partial charge in [0.25, 0.3) is 0 Å². The lowest BCUT2D eigenvalue weighted by Gasteiger charge is -2.09. The Bertz CT molecular complexity index is 537. The molecule has 0 atom stereocenters. The molecule has 4 nitrogen and oxygen atoms in total. The monoisotopic (exact) mass is 251 g/mol. The highest BCUT2D eigenvalue weighted by molar-refractivity contribution is 6.33. The van der Waals surface area contributed by atoms with Gasteiger partial charge in [-0.05, 0) is 31.5 Å². The van der Waals surface area contributed by atoms with Gasteiger partial charge in [0.15, 0.2) is 5.76 Å². The van der Waals surface area contributed by atoms with E-state index in [1.165, 1.54) is 0 Å². The number of aryl methyl sites for hydroxylation is 2. The zero-order chi connectivity index (χ0) is 12.4. The molecule has 0 radical (unpaired) electrons. The molecule has 5 heteroatoms. The first-order valence-electron chi connectivity index (χ1n) is 5.28. The van der Waals surface area contributed by atoms with E-state index in [1.54, 1.807) is 0 Å². The second-order valence-electron chi connectivity index (χ2n) is 3.98. The van der Waals surface area contributed by atoms with Crippen LogP contribution in [0.25, 0.3) is 0 Å². The Morgan fingerprint density at radius 2 is 2.12 bits per heavy atom. The van der Waals surface area contributed by atoms with E-state index in [1.807, 2.05) is 32.0 Å². The summed E-state index contributed by atoms with van der Waals surface area (Å²) in [6.45, 7) is 4.43. The molecule has 0 spiro atoms. The van der Waals surface area contributed by atoms with Crippen LogP contribution >= 0.6 is 11.6 Å². The van der Waals surface area contributed by atoms with E-state index in [4.69, 9.17) is 21.9 Å². The molecule has 0 aliphatic heterocycles. The van der Waals surface area contributed by atoms with Gasteiger partial charge in [0.1, 0.15) is 0 Å². The lowest BCUT2D eigenvalue weighted by atomic mass is 10.2. The number of halogens is 1. The van der Waals surface area contributed by atoms with Crippen LogP contribution in [0.1, 0.15) is 17.0 Å². The Balaban J connectivity index is 2.11. The summed E-state index contributed by atoms with van der Waals surface area (Å²) >= 11 is 5.97. The van der Waals surface area contributed by atoms with Gasteiger partial charge in [-0.25, -0.2) is 0 Å². The number of anilines is 2. The average Bonchev–Trinajstić information content (AvgIpc) is 2.68. The summed E-state index contributed by atoms with van der Waals surface area (Å²) in [5, 5.41) is 7.61. The van der Waals surface area contributed by atoms with Gasteiger partial charge in [0.05, 0.1) is 22.9 Å². The van der Waals surface area contributed by atoms with E-state index in [0.717, 1.165) is 22.7 Å². The summed E-state index contributed by atoms with van der Waals surface area (Å²) in [5.41, 5.74) is 9.16. The number of nitrogens with two attached hydrogens (primary N) is 1. The molecular formula is C12H14ClN3O. The molecule has 0 bridgehead atoms. The Morgan fingerprint density at radius 3 is 2.76 bits per heavy atom. The zero-order valence-electron chi connectivity index (χ0n) is 9.75. The Hall–Kier alpha value is -1.68. The lowest BCUT2D eigenvalue weighted by Crippen LogP contribution is -2.01. The number of nitrogen functional groups attached to an aromatic ring is 1. The summed E-state index contributed by atoms with van der Waals surface area (Å²) in [5.74, 6) is 0.787. The Morgan fingerprint density at radius 1 is 1.35 bits per heavy atom. The van der Waals surface area contributed by atoms with Crippen LogP contribution in [0.5, 0.6) is 0 Å². The number of aromatic nitrogens is 1. The molecule has 0 saturated carbocycles. The maximum atomic E-state index is 5.97. The molecule has 0 amide bonds. The molecule has 0 fully saturated rings. The van der Waals surface area contributed by atoms with E-state index >= 15 is 0 Å². The van der Waals surface area contributed by atoms with E-state index in [9.17, 15) is 0 Å². The van der Waals surface area contributed by atoms with Crippen LogP contribution in [0, 0.1) is 13.8 Å². The number of hydrogen-bond donors (Lipinski definition) is 2. The molecule has 2 aromatic rings. The van der Waals surface area contributed by atoms with Crippen LogP contribution in [0.15, 0.2) is 22.7 Å². The summed E-state index contributed by atoms with van der Waals surface area (Å²) in [6.07, 6.45) is 0. The van der Waals surface area contributed by atoms with Crippen molar-refractivity contribution in [2.45, 2.75) is 20.4 Å². The molecule has 0 aliphatic rings. The zero-order valence-corrected chi connectivity index (χ0v) is 10.5. The van der Waals surface area contributed by atoms with Crippen molar-refractivity contribution in [3.63, 3.8) is 0 Å². The predicted octanol–water partition coefficient (Wildman–Crippen LogP) is 3.14. The molecule has 90 valence electrons. The van der Waals surface area contributed by atoms with Crippen LogP contribution in [0.4, 0.5) is 11.4 Å². The fourth-order valence-electron chi connectivity index (χ4n) is 1.58. The first-order valence-corrected chi connectivity index (χ1v) is 5.66. The second-order valence-corrected chi connectivity index (χ2v) is 4.38. The predicted molar refractivity (Wildman–Crippen MR) is 69.2 cm³/mol. The minimum Gasteiger partial charge on any atom is -0.398 e. The summed E-state index contributed by atoms with van der Waals surface area (Å²) in [6, 6.07) is 5.55. The molecule has 3 N–H and O–H groups in total. The van der Waals surface area contributed by atoms with Crippen LogP contribution in [-0.2, 0) is 6.54 Å². The summed E-state index contributed by atoms with van der Waals surface area (Å²) in [7, 11) is 0. The smallest absolute Gasteiger partial charge is 0.156 e. The highest BCUT2D eigenvalue weighted by Gasteiger charge is 2.05. The van der Waals surface area contributed by atoms with Gasteiger partial charge in [-0.1, -0.05) is 16.8 Å². The standard InChI is InChI=1S/C12H14ClN3O/c1-7-3-11(14)10(13)5-12(7)15-6-9-4-8(2)16-17-9/h3-5,15H,6,14H2,1-2H3. The number of hydrogen-bond acceptors (Lipinski definition) is 4. The quantitative estimate of drug-likeness (QED) is 0.823. The molecule has 0 unspecified atom stereocenters. The lowest BCUT2D eigenvalue weighted by molar-refractivity contribution is 0.384. The van der Waals surface area contributed by atoms with Crippen molar-refractivity contribution < 1.29 is 4.52 Å². The third kappa shape index (κ3) is 2.71. The highest BCUT2D eigenvalue weighted by Crippen LogP contribution is 2.27. The van der Waals surface area contributed by atoms with Gasteiger partial charge in [-0.3, -0.25) is 0 Å². The fourth-order valence-corrected chi connectivity index (χ4v) is 1.74. The summed E-state index contributed by atoms with van der Waals surface area (Å²) in [4.78, 5) is 0. The van der Waals surface area contributed by atoms with Crippen molar-refractivity contribution in [3.8, 4) is 0 Å². The molecule has 1 aromatic heterocycles. The van der Waals surface area contributed by atoms with E-state index in [2.05, 4.69) is 10.5 Å². The second kappa shape index (κ2) is 4.67. The SMILES string of the molecule is Cc1cc(CNc2cc(Cl)c(N)cc2C)on1. The number of rotatable bonds is 3. The average molecular weight is 252 g/mol. The van der Waals surface area contributed by atoms with E-state index in [-0.39, 0.29) is 0 Å². The van der Waals surface area contributed by atoms with Gasteiger partial charge in [0.2, 0.25) is 0 Å². The summed E-state index contributed by atoms with van der Waals surface area (Å²) < 4.78 is 5.11. The van der Waals surface area contributed by atoms with Gasteiger partial charge in [-0.2, -0.15) is 0 Å². The van der Waals surface area contributed by atoms with Crippen LogP contribution < -0.4 is 11.1 Å². The molecular weight excluding hydrogens is 238 g/mol. The minimum absolute atomic E-state index is 0.548. The first-order chi connectivity index (χ1) is 8.06. The number of nitrogens with one attached hydrogen (secondary N) is 1. The molecule has 0 saturated heterocycles. The van der Waals surface area contributed by atoms with Crippen LogP contribution in [0.3, 0.4) is 0 Å². The molecule has 1 heterocycles. The third-order valence-electron chi connectivity index (χ3n) is 2.47. The van der Waals surface area contributed by atoms with Crippen molar-refractivity contribution in [3.05, 3.63) is 40.2 Å². The van der Waals surface area contributed by atoms with Crippen molar-refractivity contribution in [2.24, 2.45) is 0 Å². The molecule has 2 rings (SSSR count). The number of nitrogens with zero attached hydrogens (tertiary/aromatic N) is 1. The minimum atomic E-state index is 0.548. The Kier molecular flexibility index (Phi) is 3.24. The third-order valence-corrected chi connectivity index (χ3v) is 2.80. The van der Waals surface area contributed by atoms with Crippen molar-refractivity contribution in [1.82, 2.24) is 5.16 Å². The largest absolute Gasteiger partial charge is 0.398 e. The first kappa shape index (κ1) is 11.8. The van der Waals surface area contributed by atoms with Crippen LogP contribution in [-0.4, -0.2) is 5.16 Å². The molecule has 17 heavy (non-hydrogen) atoms. The van der Waals surface area contributed by atoms with Gasteiger partial charge in [-0.15, -0.1) is 0 Å². The van der Waals surface area contributed by atoms with Crippen LogP contribution in [0.2, 0.25) is 5.02 Å². The van der Waals surface area contributed by atoms with E-state index in [0.29, 0.717) is 17.3 Å². The maximum Gasteiger partial charge on any atom is 0.156 e. The van der Waals surface area contributed by atoms with Gasteiger partial charge in [0, 0.05) is 11.8 Å². The molecule has 1 aromatic carbocycles. The van der Waals surface area contributed by atoms with Gasteiger partial charge < -0.3 is 15.6 Å². The normalized spacial score (nSPS) is 10.5. The van der Waals surface area contributed by atoms with E-state index < -0.39 is 0 Å². The molecule has 0 aliphatic carbocycles. The fraction of sp³-hybridized carbons (Fsp3) is 0.250. The van der Waals surface area contributed by atoms with Gasteiger partial charge >= 0.3 is 0 Å². The topological polar surface area (TPSA) is 64.1 Å². The van der Waals surface area contributed by atoms with Crippen molar-refractivity contribution in [2.75, 3.05) is 11.1 Å². The van der Waals surface area contributed by atoms with Crippen molar-refractivity contribution in [1.29, 1.82) is 0 Å². The Labute approximate surface area is 105 Å². The number of benzene rings is 1. The van der Waals surface area contributed by atoms with Crippen molar-refractivity contribution >= 4 is 23.0 Å². The highest BCUT2D eigenvalue weighted by atomic mass is 35.5. The maximum absolute atomic E-state index is 5.97.